The van der Waals surface area contributed by atoms with E-state index in [1.807, 2.05) is 13.8 Å². The van der Waals surface area contributed by atoms with Crippen molar-refractivity contribution in [2.24, 2.45) is 0 Å². The summed E-state index contributed by atoms with van der Waals surface area (Å²) in [6.45, 7) is 5.89. The average molecular weight is 479 g/mol. The lowest BCUT2D eigenvalue weighted by Gasteiger charge is -2.31. The van der Waals surface area contributed by atoms with Crippen LogP contribution in [0.3, 0.4) is 0 Å². The molecule has 0 bridgehead atoms. The highest BCUT2D eigenvalue weighted by atomic mass is 32.2. The lowest BCUT2D eigenvalue weighted by atomic mass is 10.0. The molecule has 0 saturated heterocycles. The number of hydrogen-bond donors (Lipinski definition) is 1. The average Bonchev–Trinajstić information content (AvgIpc) is 3.12. The standard InChI is InChI=1S/C20H22N4O4S3/c1-13-6-7-18(11-14(13)2)31(27,28)24-10-4-5-16-12-17(8-9-19(16)24)30(25,26)23-20-22-21-15(3)29-20/h6-9,11-12H,4-5,10H2,1-3H3,(H,22,23). The molecule has 164 valence electrons. The Labute approximate surface area is 186 Å². The summed E-state index contributed by atoms with van der Waals surface area (Å²) in [7, 11) is -7.62. The second-order valence-electron chi connectivity index (χ2n) is 7.45. The van der Waals surface area contributed by atoms with Crippen molar-refractivity contribution in [1.82, 2.24) is 10.2 Å². The number of benzene rings is 2. The molecule has 1 aliphatic rings. The molecule has 0 spiro atoms. The van der Waals surface area contributed by atoms with Crippen molar-refractivity contribution in [3.05, 3.63) is 58.1 Å². The summed E-state index contributed by atoms with van der Waals surface area (Å²) >= 11 is 1.14. The number of anilines is 2. The van der Waals surface area contributed by atoms with Crippen LogP contribution >= 0.6 is 11.3 Å². The van der Waals surface area contributed by atoms with Gasteiger partial charge in [-0.2, -0.15) is 0 Å². The minimum Gasteiger partial charge on any atom is -0.266 e. The Hall–Kier alpha value is -2.50. The molecule has 11 heteroatoms. The van der Waals surface area contributed by atoms with E-state index in [0.717, 1.165) is 22.5 Å². The van der Waals surface area contributed by atoms with Gasteiger partial charge in [0, 0.05) is 6.54 Å². The van der Waals surface area contributed by atoms with E-state index in [9.17, 15) is 16.8 Å². The van der Waals surface area contributed by atoms with Crippen LogP contribution in [0.25, 0.3) is 0 Å². The van der Waals surface area contributed by atoms with Crippen LogP contribution in [0.5, 0.6) is 0 Å². The van der Waals surface area contributed by atoms with Crippen LogP contribution in [0.15, 0.2) is 46.2 Å². The topological polar surface area (TPSA) is 109 Å². The quantitative estimate of drug-likeness (QED) is 0.602. The Kier molecular flexibility index (Phi) is 5.52. The summed E-state index contributed by atoms with van der Waals surface area (Å²) in [5.74, 6) is 0. The normalized spacial score (nSPS) is 14.4. The zero-order valence-corrected chi connectivity index (χ0v) is 19.7. The number of aromatic nitrogens is 2. The minimum atomic E-state index is -3.86. The maximum Gasteiger partial charge on any atom is 0.264 e. The first-order chi connectivity index (χ1) is 14.6. The van der Waals surface area contributed by atoms with Crippen molar-refractivity contribution in [2.75, 3.05) is 15.6 Å². The van der Waals surface area contributed by atoms with E-state index >= 15 is 0 Å². The zero-order valence-electron chi connectivity index (χ0n) is 17.3. The number of fused-ring (bicyclic) bond motifs is 1. The molecule has 2 heterocycles. The molecule has 1 aliphatic heterocycles. The van der Waals surface area contributed by atoms with Crippen LogP contribution in [-0.2, 0) is 26.5 Å². The van der Waals surface area contributed by atoms with Crippen LogP contribution in [0, 0.1) is 20.8 Å². The summed E-state index contributed by atoms with van der Waals surface area (Å²) in [5.41, 5.74) is 3.11. The van der Waals surface area contributed by atoms with Gasteiger partial charge in [0.1, 0.15) is 5.01 Å². The number of hydrogen-bond acceptors (Lipinski definition) is 7. The molecule has 3 aromatic rings. The van der Waals surface area contributed by atoms with Gasteiger partial charge in [-0.25, -0.2) is 16.8 Å². The fourth-order valence-corrected chi connectivity index (χ4v) is 6.97. The van der Waals surface area contributed by atoms with E-state index in [2.05, 4.69) is 14.9 Å². The molecule has 0 amide bonds. The Balaban J connectivity index is 1.69. The second kappa shape index (κ2) is 7.88. The fraction of sp³-hybridized carbons (Fsp3) is 0.300. The number of nitrogens with one attached hydrogen (secondary N) is 1. The molecule has 0 atom stereocenters. The maximum absolute atomic E-state index is 13.3. The molecule has 2 aromatic carbocycles. The zero-order chi connectivity index (χ0) is 22.4. The Morgan fingerprint density at radius 3 is 2.35 bits per heavy atom. The molecule has 4 rings (SSSR count). The van der Waals surface area contributed by atoms with E-state index in [4.69, 9.17) is 0 Å². The van der Waals surface area contributed by atoms with Gasteiger partial charge in [-0.3, -0.25) is 9.03 Å². The molecule has 0 aliphatic carbocycles. The van der Waals surface area contributed by atoms with Crippen molar-refractivity contribution in [1.29, 1.82) is 0 Å². The van der Waals surface area contributed by atoms with Crippen LogP contribution in [0.1, 0.15) is 28.1 Å². The second-order valence-corrected chi connectivity index (χ2v) is 12.2. The van der Waals surface area contributed by atoms with Crippen LogP contribution in [0.2, 0.25) is 0 Å². The van der Waals surface area contributed by atoms with Crippen molar-refractivity contribution in [3.8, 4) is 0 Å². The lowest BCUT2D eigenvalue weighted by molar-refractivity contribution is 0.586. The summed E-state index contributed by atoms with van der Waals surface area (Å²) < 4.78 is 56.0. The highest BCUT2D eigenvalue weighted by Gasteiger charge is 2.30. The SMILES string of the molecule is Cc1nnc(NS(=O)(=O)c2ccc3c(c2)CCCN3S(=O)(=O)c2ccc(C)c(C)c2)s1. The van der Waals surface area contributed by atoms with Crippen molar-refractivity contribution < 1.29 is 16.8 Å². The van der Waals surface area contributed by atoms with E-state index in [-0.39, 0.29) is 14.9 Å². The van der Waals surface area contributed by atoms with Gasteiger partial charge in [-0.05, 0) is 80.6 Å². The van der Waals surface area contributed by atoms with Crippen molar-refractivity contribution >= 4 is 42.2 Å². The minimum absolute atomic E-state index is 0.0598. The molecule has 31 heavy (non-hydrogen) atoms. The molecule has 0 saturated carbocycles. The summed E-state index contributed by atoms with van der Waals surface area (Å²) in [4.78, 5) is 0.290. The first-order valence-electron chi connectivity index (χ1n) is 9.64. The van der Waals surface area contributed by atoms with Crippen LogP contribution in [0.4, 0.5) is 10.8 Å². The maximum atomic E-state index is 13.3. The number of nitrogens with zero attached hydrogens (tertiary/aromatic N) is 3. The molecule has 0 fully saturated rings. The van der Waals surface area contributed by atoms with Crippen LogP contribution < -0.4 is 9.03 Å². The van der Waals surface area contributed by atoms with E-state index in [1.54, 1.807) is 31.2 Å². The van der Waals surface area contributed by atoms with Gasteiger partial charge in [0.05, 0.1) is 15.5 Å². The third-order valence-corrected chi connectivity index (χ3v) is 9.28. The van der Waals surface area contributed by atoms with Gasteiger partial charge < -0.3 is 0 Å². The Morgan fingerprint density at radius 2 is 1.68 bits per heavy atom. The monoisotopic (exact) mass is 478 g/mol. The van der Waals surface area contributed by atoms with Gasteiger partial charge in [0.25, 0.3) is 20.0 Å². The van der Waals surface area contributed by atoms with Gasteiger partial charge in [-0.1, -0.05) is 17.4 Å². The summed E-state index contributed by atoms with van der Waals surface area (Å²) in [6.07, 6.45) is 1.19. The molecule has 0 radical (unpaired) electrons. The van der Waals surface area contributed by atoms with E-state index in [0.29, 0.717) is 35.6 Å². The number of aryl methyl sites for hydroxylation is 4. The van der Waals surface area contributed by atoms with Gasteiger partial charge >= 0.3 is 0 Å². The van der Waals surface area contributed by atoms with Gasteiger partial charge in [-0.15, -0.1) is 10.2 Å². The predicted molar refractivity (Wildman–Crippen MR) is 121 cm³/mol. The summed E-state index contributed by atoms with van der Waals surface area (Å²) in [5, 5.41) is 8.44. The first-order valence-corrected chi connectivity index (χ1v) is 13.4. The molecule has 0 unspecified atom stereocenters. The third kappa shape index (κ3) is 4.17. The van der Waals surface area contributed by atoms with Crippen LogP contribution in [-0.4, -0.2) is 33.6 Å². The molecule has 1 N–H and O–H groups in total. The third-order valence-electron chi connectivity index (χ3n) is 5.25. The first kappa shape index (κ1) is 21.7. The molecule has 1 aromatic heterocycles. The lowest BCUT2D eigenvalue weighted by Crippen LogP contribution is -2.35. The van der Waals surface area contributed by atoms with Crippen molar-refractivity contribution in [3.63, 3.8) is 0 Å². The largest absolute Gasteiger partial charge is 0.266 e. The number of rotatable bonds is 5. The van der Waals surface area contributed by atoms with Gasteiger partial charge in [0.2, 0.25) is 5.13 Å². The fourth-order valence-electron chi connectivity index (χ4n) is 3.47. The Bertz CT molecular complexity index is 1360. The van der Waals surface area contributed by atoms with E-state index in [1.165, 1.54) is 16.4 Å². The van der Waals surface area contributed by atoms with E-state index < -0.39 is 20.0 Å². The van der Waals surface area contributed by atoms with Gasteiger partial charge in [0.15, 0.2) is 0 Å². The Morgan fingerprint density at radius 1 is 0.935 bits per heavy atom. The highest BCUT2D eigenvalue weighted by molar-refractivity contribution is 7.93. The smallest absolute Gasteiger partial charge is 0.264 e. The van der Waals surface area contributed by atoms with Crippen molar-refractivity contribution in [2.45, 2.75) is 43.4 Å². The molecular weight excluding hydrogens is 456 g/mol. The highest BCUT2D eigenvalue weighted by Crippen LogP contribution is 2.34. The summed E-state index contributed by atoms with van der Waals surface area (Å²) in [6, 6.07) is 9.60. The molecular formula is C20H22N4O4S3. The predicted octanol–water partition coefficient (Wildman–Crippen LogP) is 3.41. The molecule has 8 nitrogen and oxygen atoms in total. The number of sulfonamides is 2.